The SMILES string of the molecule is CC(CC(N=C=O)=C(CN=C=O)N=C=O)N=C=O. The second-order valence-electron chi connectivity index (χ2n) is 2.98. The minimum absolute atomic E-state index is 0.0374. The summed E-state index contributed by atoms with van der Waals surface area (Å²) in [5, 5.41) is 0. The third-order valence-electron chi connectivity index (χ3n) is 1.75. The van der Waals surface area contributed by atoms with Crippen LogP contribution in [0.25, 0.3) is 0 Å². The molecule has 0 aromatic rings. The van der Waals surface area contributed by atoms with E-state index in [4.69, 9.17) is 0 Å². The van der Waals surface area contributed by atoms with E-state index in [9.17, 15) is 19.2 Å². The van der Waals surface area contributed by atoms with Crippen molar-refractivity contribution in [3.63, 3.8) is 0 Å². The monoisotopic (exact) mass is 248 g/mol. The number of nitrogens with zero attached hydrogens (tertiary/aromatic N) is 4. The Morgan fingerprint density at radius 1 is 0.944 bits per heavy atom. The molecule has 0 saturated heterocycles. The molecule has 0 rings (SSSR count). The second kappa shape index (κ2) is 9.48. The van der Waals surface area contributed by atoms with Gasteiger partial charge in [-0.25, -0.2) is 24.2 Å². The van der Waals surface area contributed by atoms with Crippen molar-refractivity contribution in [3.8, 4) is 0 Å². The van der Waals surface area contributed by atoms with Crippen molar-refractivity contribution in [3.05, 3.63) is 11.4 Å². The Morgan fingerprint density at radius 2 is 1.56 bits per heavy atom. The van der Waals surface area contributed by atoms with Crippen molar-refractivity contribution in [2.24, 2.45) is 20.0 Å². The lowest BCUT2D eigenvalue weighted by Crippen LogP contribution is -2.02. The summed E-state index contributed by atoms with van der Waals surface area (Å²) < 4.78 is 0. The maximum atomic E-state index is 10.3. The average molecular weight is 248 g/mol. The largest absolute Gasteiger partial charge is 0.240 e. The van der Waals surface area contributed by atoms with E-state index in [1.807, 2.05) is 0 Å². The van der Waals surface area contributed by atoms with E-state index in [1.54, 1.807) is 6.92 Å². The predicted molar refractivity (Wildman–Crippen MR) is 58.5 cm³/mol. The molecule has 0 spiro atoms. The molecule has 0 heterocycles. The normalized spacial score (nSPS) is 11.6. The molecule has 0 aliphatic carbocycles. The smallest absolute Gasteiger partial charge is 0.211 e. The molecule has 0 saturated carbocycles. The van der Waals surface area contributed by atoms with Crippen LogP contribution in [0.2, 0.25) is 0 Å². The highest BCUT2D eigenvalue weighted by Crippen LogP contribution is 2.15. The van der Waals surface area contributed by atoms with Crippen molar-refractivity contribution < 1.29 is 19.2 Å². The number of hydrogen-bond donors (Lipinski definition) is 0. The van der Waals surface area contributed by atoms with Crippen molar-refractivity contribution >= 4 is 24.3 Å². The minimum Gasteiger partial charge on any atom is -0.211 e. The van der Waals surface area contributed by atoms with E-state index in [1.165, 1.54) is 24.3 Å². The highest BCUT2D eigenvalue weighted by atomic mass is 16.1. The highest BCUT2D eigenvalue weighted by Gasteiger charge is 2.10. The van der Waals surface area contributed by atoms with Gasteiger partial charge in [0.15, 0.2) is 0 Å². The third-order valence-corrected chi connectivity index (χ3v) is 1.75. The van der Waals surface area contributed by atoms with Crippen LogP contribution in [0, 0.1) is 0 Å². The molecule has 0 aliphatic heterocycles. The fourth-order valence-corrected chi connectivity index (χ4v) is 1.05. The molecule has 18 heavy (non-hydrogen) atoms. The molecule has 0 radical (unpaired) electrons. The summed E-state index contributed by atoms with van der Waals surface area (Å²) in [5.74, 6) is 0. The number of carbonyl (C=O) groups excluding carboxylic acids is 4. The van der Waals surface area contributed by atoms with Gasteiger partial charge in [0.2, 0.25) is 24.3 Å². The van der Waals surface area contributed by atoms with Gasteiger partial charge in [0.25, 0.3) is 0 Å². The maximum absolute atomic E-state index is 10.3. The first-order chi connectivity index (χ1) is 8.69. The van der Waals surface area contributed by atoms with E-state index in [2.05, 4.69) is 20.0 Å². The predicted octanol–water partition coefficient (Wildman–Crippen LogP) is 0.320. The van der Waals surface area contributed by atoms with E-state index in [0.29, 0.717) is 0 Å². The Labute approximate surface area is 102 Å². The molecule has 0 amide bonds. The lowest BCUT2D eigenvalue weighted by Gasteiger charge is -2.05. The third kappa shape index (κ3) is 5.98. The summed E-state index contributed by atoms with van der Waals surface area (Å²) in [7, 11) is 0. The van der Waals surface area contributed by atoms with Gasteiger partial charge in [-0.2, -0.15) is 15.0 Å². The van der Waals surface area contributed by atoms with Gasteiger partial charge in [0, 0.05) is 6.42 Å². The Morgan fingerprint density at radius 3 is 2.06 bits per heavy atom. The summed E-state index contributed by atoms with van der Waals surface area (Å²) in [6.07, 6.45) is 5.17. The zero-order valence-corrected chi connectivity index (χ0v) is 9.41. The molecule has 1 unspecified atom stereocenters. The molecule has 0 aromatic heterocycles. The Hall–Kier alpha value is -2.74. The van der Waals surface area contributed by atoms with Gasteiger partial charge in [-0.3, -0.25) is 0 Å². The summed E-state index contributed by atoms with van der Waals surface area (Å²) in [6.45, 7) is 1.28. The Balaban J connectivity index is 5.43. The summed E-state index contributed by atoms with van der Waals surface area (Å²) >= 11 is 0. The number of isocyanates is 4. The van der Waals surface area contributed by atoms with Gasteiger partial charge in [-0.05, 0) is 6.92 Å². The summed E-state index contributed by atoms with van der Waals surface area (Å²) in [5.41, 5.74) is 0.00324. The van der Waals surface area contributed by atoms with E-state index >= 15 is 0 Å². The van der Waals surface area contributed by atoms with Gasteiger partial charge in [0.05, 0.1) is 24.0 Å². The molecule has 0 fully saturated rings. The number of aliphatic imine (C=N–C) groups is 4. The molecule has 0 aliphatic rings. The first-order valence-electron chi connectivity index (χ1n) is 4.68. The van der Waals surface area contributed by atoms with Crippen molar-refractivity contribution in [1.82, 2.24) is 0 Å². The molecule has 0 aromatic carbocycles. The number of rotatable bonds is 7. The van der Waals surface area contributed by atoms with Crippen LogP contribution in [0.5, 0.6) is 0 Å². The lowest BCUT2D eigenvalue weighted by molar-refractivity contribution is 0.556. The van der Waals surface area contributed by atoms with Crippen molar-refractivity contribution in [1.29, 1.82) is 0 Å². The van der Waals surface area contributed by atoms with Crippen LogP contribution in [0.1, 0.15) is 13.3 Å². The van der Waals surface area contributed by atoms with Crippen LogP contribution in [-0.2, 0) is 19.2 Å². The fraction of sp³-hybridized carbons (Fsp3) is 0.400. The van der Waals surface area contributed by atoms with Gasteiger partial charge >= 0.3 is 0 Å². The number of hydrogen-bond acceptors (Lipinski definition) is 8. The van der Waals surface area contributed by atoms with Gasteiger partial charge in [-0.15, -0.1) is 0 Å². The standard InChI is InChI=1S/C10H8N4O4/c1-8(12-5-16)2-9(13-6-17)10(14-7-18)3-11-4-15/h8H,2-3H2,1H3. The molecule has 0 N–H and O–H groups in total. The Kier molecular flexibility index (Phi) is 8.04. The zero-order valence-electron chi connectivity index (χ0n) is 9.41. The molecular weight excluding hydrogens is 240 g/mol. The van der Waals surface area contributed by atoms with Crippen LogP contribution in [0.4, 0.5) is 0 Å². The van der Waals surface area contributed by atoms with Crippen LogP contribution in [0.3, 0.4) is 0 Å². The molecule has 8 heteroatoms. The van der Waals surface area contributed by atoms with Gasteiger partial charge in [-0.1, -0.05) is 0 Å². The molecule has 0 bridgehead atoms. The van der Waals surface area contributed by atoms with Crippen molar-refractivity contribution in [2.45, 2.75) is 19.4 Å². The highest BCUT2D eigenvalue weighted by molar-refractivity contribution is 5.43. The van der Waals surface area contributed by atoms with Crippen LogP contribution < -0.4 is 0 Å². The Bertz CT molecular complexity index is 514. The average Bonchev–Trinajstić information content (AvgIpc) is 2.34. The second-order valence-corrected chi connectivity index (χ2v) is 2.98. The summed E-state index contributed by atoms with van der Waals surface area (Å²) in [6, 6.07) is -0.522. The summed E-state index contributed by atoms with van der Waals surface area (Å²) in [4.78, 5) is 53.7. The van der Waals surface area contributed by atoms with E-state index in [-0.39, 0.29) is 24.4 Å². The minimum atomic E-state index is -0.522. The first kappa shape index (κ1) is 15.3. The quantitative estimate of drug-likeness (QED) is 0.476. The first-order valence-corrected chi connectivity index (χ1v) is 4.68. The maximum Gasteiger partial charge on any atom is 0.240 e. The van der Waals surface area contributed by atoms with Crippen LogP contribution in [0.15, 0.2) is 31.4 Å². The van der Waals surface area contributed by atoms with Gasteiger partial charge < -0.3 is 0 Å². The van der Waals surface area contributed by atoms with Crippen molar-refractivity contribution in [2.75, 3.05) is 6.54 Å². The molecule has 92 valence electrons. The fourth-order valence-electron chi connectivity index (χ4n) is 1.05. The molecule has 1 atom stereocenters. The van der Waals surface area contributed by atoms with Gasteiger partial charge in [0.1, 0.15) is 0 Å². The molecule has 8 nitrogen and oxygen atoms in total. The van der Waals surface area contributed by atoms with Crippen LogP contribution >= 0.6 is 0 Å². The van der Waals surface area contributed by atoms with E-state index < -0.39 is 6.04 Å². The zero-order chi connectivity index (χ0) is 13.8. The molecular formula is C10H8N4O4. The lowest BCUT2D eigenvalue weighted by atomic mass is 10.1. The van der Waals surface area contributed by atoms with Crippen LogP contribution in [-0.4, -0.2) is 36.9 Å². The van der Waals surface area contributed by atoms with E-state index in [0.717, 1.165) is 0 Å². The topological polar surface area (TPSA) is 118 Å².